The first-order valence-corrected chi connectivity index (χ1v) is 27.0. The number of hydrogen-bond donors (Lipinski definition) is 0. The van der Waals surface area contributed by atoms with E-state index in [0.29, 0.717) is 21.4 Å². The van der Waals surface area contributed by atoms with Crippen LogP contribution < -0.4 is 4.74 Å². The molecule has 0 atom stereocenters. The van der Waals surface area contributed by atoms with Gasteiger partial charge in [-0.05, 0) is 167 Å². The highest BCUT2D eigenvalue weighted by Gasteiger charge is 2.25. The normalized spacial score (nSPS) is 11.2. The van der Waals surface area contributed by atoms with Crippen LogP contribution in [-0.4, -0.2) is 27.0 Å². The van der Waals surface area contributed by atoms with Gasteiger partial charge in [0.1, 0.15) is 30.0 Å². The van der Waals surface area contributed by atoms with E-state index in [9.17, 15) is 22.0 Å². The molecule has 432 valence electrons. The number of halogens is 10. The van der Waals surface area contributed by atoms with E-state index < -0.39 is 28.7 Å². The number of methoxy groups -OCH3 is 1. The van der Waals surface area contributed by atoms with E-state index in [4.69, 9.17) is 16.3 Å². The number of benzene rings is 2. The highest BCUT2D eigenvalue weighted by atomic mass is 79.9. The number of hydrogen-bond acceptors (Lipinski definition) is 5. The zero-order chi connectivity index (χ0) is 56.7. The zero-order valence-electron chi connectivity index (χ0n) is 46.2. The largest absolute Gasteiger partial charge is 0.494 e. The van der Waals surface area contributed by atoms with Crippen molar-refractivity contribution in [2.75, 3.05) is 7.11 Å². The Labute approximate surface area is 500 Å². The van der Waals surface area contributed by atoms with Gasteiger partial charge in [0.05, 0.1) is 29.2 Å². The Hall–Kier alpha value is -3.30. The van der Waals surface area contributed by atoms with Crippen LogP contribution in [0.2, 0.25) is 5.02 Å². The summed E-state index contributed by atoms with van der Waals surface area (Å²) in [6, 6.07) is 14.2. The molecule has 15 heteroatoms. The Morgan fingerprint density at radius 1 is 0.442 bits per heavy atom. The van der Waals surface area contributed by atoms with Crippen LogP contribution in [0.5, 0.6) is 5.75 Å². The molecule has 6 aromatic rings. The highest BCUT2D eigenvalue weighted by molar-refractivity contribution is 9.11. The monoisotopic (exact) mass is 1350 g/mol. The maximum atomic E-state index is 14.6. The molecule has 0 amide bonds. The Kier molecular flexibility index (Phi) is 31.4. The minimum atomic E-state index is -1.05. The summed E-state index contributed by atoms with van der Waals surface area (Å²) in [5, 5.41) is -0.0196. The Balaban J connectivity index is -0.000000888. The van der Waals surface area contributed by atoms with E-state index in [2.05, 4.69) is 165 Å². The van der Waals surface area contributed by atoms with E-state index in [-0.39, 0.29) is 83.7 Å². The average Bonchev–Trinajstić information content (AvgIpc) is 3.24. The Morgan fingerprint density at radius 3 is 1.31 bits per heavy atom. The highest BCUT2D eigenvalue weighted by Crippen LogP contribution is 2.37. The van der Waals surface area contributed by atoms with Crippen molar-refractivity contribution in [1.82, 2.24) is 19.9 Å². The van der Waals surface area contributed by atoms with Crippen molar-refractivity contribution in [2.24, 2.45) is 0 Å². The number of aryl methyl sites for hydroxylation is 3. The van der Waals surface area contributed by atoms with Crippen LogP contribution >= 0.6 is 75.3 Å². The molecule has 4 heterocycles. The lowest BCUT2D eigenvalue weighted by molar-refractivity contribution is 0.380. The SMILES string of the molecule is C.C.C.C.CC(C)(C)c1cccc(-c2cc(F)c(F)cc2Cl)c1F.COc1cc(C(C)(C)C)nc(Br)c1F.Cc1cc(Br)nc(C(C)(C)C)c1C.Cc1cc(Br)nc(C(C)(C)C)c1F.Cc1cc(C(C)(C)C)nc(Br)c1C. The fourth-order valence-electron chi connectivity index (χ4n) is 6.68. The first-order valence-electron chi connectivity index (χ1n) is 23.5. The van der Waals surface area contributed by atoms with E-state index >= 15 is 0 Å². The van der Waals surface area contributed by atoms with Crippen molar-refractivity contribution >= 4 is 75.3 Å². The second kappa shape index (κ2) is 31.1. The lowest BCUT2D eigenvalue weighted by Crippen LogP contribution is -2.17. The molecule has 0 unspecified atom stereocenters. The van der Waals surface area contributed by atoms with Gasteiger partial charge in [-0.2, -0.15) is 4.39 Å². The predicted molar refractivity (Wildman–Crippen MR) is 335 cm³/mol. The number of pyridine rings is 4. The molecule has 0 fully saturated rings. The molecule has 77 heavy (non-hydrogen) atoms. The third-order valence-corrected chi connectivity index (χ3v) is 13.7. The van der Waals surface area contributed by atoms with E-state index in [1.54, 1.807) is 31.2 Å². The lowest BCUT2D eigenvalue weighted by Gasteiger charge is -2.21. The van der Waals surface area contributed by atoms with Crippen molar-refractivity contribution in [1.29, 1.82) is 0 Å². The molecule has 5 nitrogen and oxygen atoms in total. The van der Waals surface area contributed by atoms with E-state index in [1.165, 1.54) is 41.1 Å². The van der Waals surface area contributed by atoms with Crippen LogP contribution in [0, 0.1) is 63.7 Å². The molecule has 6 rings (SSSR count). The minimum absolute atomic E-state index is 0. The summed E-state index contributed by atoms with van der Waals surface area (Å²) >= 11 is 19.1. The van der Waals surface area contributed by atoms with Gasteiger partial charge in [-0.15, -0.1) is 0 Å². The Bertz CT molecular complexity index is 2790. The number of ether oxygens (including phenoxy) is 1. The average molecular weight is 1360 g/mol. The van der Waals surface area contributed by atoms with Gasteiger partial charge in [0, 0.05) is 44.5 Å². The molecule has 2 aromatic carbocycles. The molecule has 0 saturated heterocycles. The quantitative estimate of drug-likeness (QED) is 0.0982. The van der Waals surface area contributed by atoms with Crippen LogP contribution in [-0.2, 0) is 27.1 Å². The van der Waals surface area contributed by atoms with Crippen LogP contribution in [0.15, 0.2) is 73.0 Å². The fourth-order valence-corrected chi connectivity index (χ4v) is 8.86. The first-order chi connectivity index (χ1) is 33.0. The van der Waals surface area contributed by atoms with Crippen molar-refractivity contribution in [3.8, 4) is 16.9 Å². The maximum absolute atomic E-state index is 14.6. The molecule has 0 radical (unpaired) electrons. The van der Waals surface area contributed by atoms with Crippen molar-refractivity contribution in [2.45, 2.75) is 195 Å². The maximum Gasteiger partial charge on any atom is 0.197 e. The van der Waals surface area contributed by atoms with Gasteiger partial charge < -0.3 is 4.74 Å². The molecular formula is C62H88Br4ClF5N4O. The van der Waals surface area contributed by atoms with Gasteiger partial charge in [0.25, 0.3) is 0 Å². The predicted octanol–water partition coefficient (Wildman–Crippen LogP) is 22.7. The summed E-state index contributed by atoms with van der Waals surface area (Å²) in [7, 11) is 1.44. The molecule has 0 aliphatic carbocycles. The second-order valence-corrected chi connectivity index (χ2v) is 26.4. The van der Waals surface area contributed by atoms with Crippen LogP contribution in [0.25, 0.3) is 11.1 Å². The smallest absolute Gasteiger partial charge is 0.197 e. The Morgan fingerprint density at radius 2 is 0.870 bits per heavy atom. The summed E-state index contributed by atoms with van der Waals surface area (Å²) in [5.74, 6) is -3.00. The number of nitrogens with zero attached hydrogens (tertiary/aromatic N) is 4. The van der Waals surface area contributed by atoms with E-state index in [0.717, 1.165) is 32.7 Å². The van der Waals surface area contributed by atoms with Crippen LogP contribution in [0.3, 0.4) is 0 Å². The van der Waals surface area contributed by atoms with Gasteiger partial charge in [0.15, 0.2) is 23.2 Å². The number of rotatable bonds is 2. The second-order valence-electron chi connectivity index (χ2n) is 22.9. The molecule has 0 spiro atoms. The lowest BCUT2D eigenvalue weighted by atomic mass is 9.85. The summed E-state index contributed by atoms with van der Waals surface area (Å²) in [4.78, 5) is 17.3. The summed E-state index contributed by atoms with van der Waals surface area (Å²) in [5.41, 5.74) is 9.68. The van der Waals surface area contributed by atoms with Crippen LogP contribution in [0.4, 0.5) is 22.0 Å². The molecule has 4 aromatic heterocycles. The van der Waals surface area contributed by atoms with Crippen molar-refractivity contribution < 1.29 is 26.7 Å². The first kappa shape index (κ1) is 77.9. The van der Waals surface area contributed by atoms with Gasteiger partial charge in [-0.25, -0.2) is 37.5 Å². The topological polar surface area (TPSA) is 60.8 Å². The standard InChI is InChI=1S/C16H14ClF3.2C11H16BrN.C10H13BrFNO.C10H13BrFN.4CH4/c1-16(2,3)11-6-4-5-9(15(11)20)10-7-13(18)14(19)8-12(10)17;1-7-6-9(12)13-10(8(7)2)11(3,4)5;1-7-6-9(11(3,4)5)13-10(12)8(7)2;1-10(2,3)7-5-6(14-4)8(12)9(11)13-7;1-6-5-7(11)13-9(8(6)12)10(2,3)4;;;;/h4-8H,1-3H3;2*6H,1-5H3;5H,1-4H3;5H,1-4H3;4*1H4. The summed E-state index contributed by atoms with van der Waals surface area (Å²) < 4.78 is 75.7. The fraction of sp³-hybridized carbons (Fsp3) is 0.484. The van der Waals surface area contributed by atoms with Gasteiger partial charge in [-0.3, -0.25) is 0 Å². The minimum Gasteiger partial charge on any atom is -0.494 e. The van der Waals surface area contributed by atoms with Gasteiger partial charge in [-0.1, -0.05) is 163 Å². The van der Waals surface area contributed by atoms with Gasteiger partial charge in [0.2, 0.25) is 0 Å². The summed E-state index contributed by atoms with van der Waals surface area (Å²) in [6.45, 7) is 40.8. The zero-order valence-corrected chi connectivity index (χ0v) is 53.3. The molecule has 0 saturated carbocycles. The van der Waals surface area contributed by atoms with Gasteiger partial charge >= 0.3 is 0 Å². The molecule has 0 aliphatic heterocycles. The third kappa shape index (κ3) is 22.6. The summed E-state index contributed by atoms with van der Waals surface area (Å²) in [6.07, 6.45) is 0. The molecular weight excluding hydrogens is 1270 g/mol. The van der Waals surface area contributed by atoms with Crippen molar-refractivity contribution in [3.05, 3.63) is 163 Å². The van der Waals surface area contributed by atoms with E-state index in [1.807, 2.05) is 62.3 Å². The molecule has 0 N–H and O–H groups in total. The number of aromatic nitrogens is 4. The third-order valence-electron chi connectivity index (χ3n) is 11.3. The van der Waals surface area contributed by atoms with Crippen molar-refractivity contribution in [3.63, 3.8) is 0 Å². The molecule has 0 bridgehead atoms. The van der Waals surface area contributed by atoms with Crippen LogP contribution in [0.1, 0.15) is 190 Å². The molecule has 0 aliphatic rings.